The van der Waals surface area contributed by atoms with E-state index >= 15 is 0 Å². The molecular weight excluding hydrogens is 320 g/mol. The van der Waals surface area contributed by atoms with Gasteiger partial charge in [-0.3, -0.25) is 4.79 Å². The van der Waals surface area contributed by atoms with E-state index in [1.807, 2.05) is 19.9 Å². The van der Waals surface area contributed by atoms with Gasteiger partial charge in [-0.2, -0.15) is 0 Å². The van der Waals surface area contributed by atoms with Gasteiger partial charge in [0.25, 0.3) is 5.91 Å². The minimum absolute atomic E-state index is 0.0392. The Kier molecular flexibility index (Phi) is 5.33. The molecule has 25 heavy (non-hydrogen) atoms. The first-order chi connectivity index (χ1) is 12.0. The van der Waals surface area contributed by atoms with Gasteiger partial charge in [-0.1, -0.05) is 0 Å². The fraction of sp³-hybridized carbons (Fsp3) is 0.500. The lowest BCUT2D eigenvalue weighted by molar-refractivity contribution is 0.0798. The van der Waals surface area contributed by atoms with E-state index in [1.54, 1.807) is 24.3 Å². The Labute approximate surface area is 147 Å². The topological polar surface area (TPSA) is 80.5 Å². The van der Waals surface area contributed by atoms with Crippen molar-refractivity contribution >= 4 is 11.7 Å². The zero-order valence-electron chi connectivity index (χ0n) is 14.9. The Morgan fingerprint density at radius 1 is 1.36 bits per heavy atom. The standard InChI is InChI=1S/C18H24N4O3/c1-12-8-15(13(2)25-12)18(23)22(3)6-5-19-17-9-16(20-11-21-17)14-4-7-24-10-14/h8-9,11,14H,4-7,10H2,1-3H3,(H,19,20,21)/t14-/m0/s1. The van der Waals surface area contributed by atoms with Crippen LogP contribution in [-0.2, 0) is 4.74 Å². The third-order valence-electron chi connectivity index (χ3n) is 4.41. The molecule has 0 bridgehead atoms. The molecule has 1 aliphatic rings. The molecule has 0 spiro atoms. The number of ether oxygens (including phenoxy) is 1. The number of likely N-dealkylation sites (N-methyl/N-ethyl adjacent to an activating group) is 1. The van der Waals surface area contributed by atoms with Crippen molar-refractivity contribution in [3.63, 3.8) is 0 Å². The summed E-state index contributed by atoms with van der Waals surface area (Å²) in [5, 5.41) is 3.26. The zero-order chi connectivity index (χ0) is 17.8. The van der Waals surface area contributed by atoms with Crippen LogP contribution in [0.1, 0.15) is 39.9 Å². The van der Waals surface area contributed by atoms with Gasteiger partial charge in [0.1, 0.15) is 23.7 Å². The quantitative estimate of drug-likeness (QED) is 0.866. The van der Waals surface area contributed by atoms with Crippen LogP contribution in [0.2, 0.25) is 0 Å². The van der Waals surface area contributed by atoms with Crippen LogP contribution >= 0.6 is 0 Å². The molecule has 0 saturated carbocycles. The van der Waals surface area contributed by atoms with Gasteiger partial charge < -0.3 is 19.4 Å². The average Bonchev–Trinajstić information content (AvgIpc) is 3.24. The van der Waals surface area contributed by atoms with Crippen LogP contribution in [0.4, 0.5) is 5.82 Å². The fourth-order valence-electron chi connectivity index (χ4n) is 2.96. The SMILES string of the molecule is Cc1cc(C(=O)N(C)CCNc2cc([C@H]3CCOC3)ncn2)c(C)o1. The van der Waals surface area contributed by atoms with Crippen molar-refractivity contribution in [1.82, 2.24) is 14.9 Å². The first kappa shape index (κ1) is 17.4. The molecular formula is C18H24N4O3. The molecule has 7 heteroatoms. The summed E-state index contributed by atoms with van der Waals surface area (Å²) >= 11 is 0. The number of nitrogens with one attached hydrogen (secondary N) is 1. The summed E-state index contributed by atoms with van der Waals surface area (Å²) in [5.41, 5.74) is 1.62. The van der Waals surface area contributed by atoms with Gasteiger partial charge in [0.2, 0.25) is 0 Å². The Bertz CT molecular complexity index is 738. The number of anilines is 1. The molecule has 1 atom stereocenters. The Morgan fingerprint density at radius 3 is 2.88 bits per heavy atom. The van der Waals surface area contributed by atoms with Crippen molar-refractivity contribution in [2.24, 2.45) is 0 Å². The third-order valence-corrected chi connectivity index (χ3v) is 4.41. The number of amides is 1. The maximum absolute atomic E-state index is 12.4. The number of hydrogen-bond acceptors (Lipinski definition) is 6. The van der Waals surface area contributed by atoms with Gasteiger partial charge in [-0.05, 0) is 26.3 Å². The molecule has 0 unspecified atom stereocenters. The highest BCUT2D eigenvalue weighted by Crippen LogP contribution is 2.24. The first-order valence-corrected chi connectivity index (χ1v) is 8.50. The van der Waals surface area contributed by atoms with Crippen LogP contribution in [0.5, 0.6) is 0 Å². The summed E-state index contributed by atoms with van der Waals surface area (Å²) in [5.74, 6) is 2.48. The van der Waals surface area contributed by atoms with Crippen molar-refractivity contribution in [1.29, 1.82) is 0 Å². The van der Waals surface area contributed by atoms with Gasteiger partial charge in [0.05, 0.1) is 17.9 Å². The molecule has 1 saturated heterocycles. The molecule has 1 N–H and O–H groups in total. The summed E-state index contributed by atoms with van der Waals surface area (Å²) in [6, 6.07) is 3.74. The third kappa shape index (κ3) is 4.17. The Morgan fingerprint density at radius 2 is 2.20 bits per heavy atom. The lowest BCUT2D eigenvalue weighted by Crippen LogP contribution is -2.31. The second-order valence-corrected chi connectivity index (χ2v) is 6.37. The van der Waals surface area contributed by atoms with E-state index in [-0.39, 0.29) is 5.91 Å². The number of aromatic nitrogens is 2. The maximum atomic E-state index is 12.4. The van der Waals surface area contributed by atoms with Crippen LogP contribution in [0, 0.1) is 13.8 Å². The zero-order valence-corrected chi connectivity index (χ0v) is 14.9. The number of hydrogen-bond donors (Lipinski definition) is 1. The molecule has 1 aliphatic heterocycles. The molecule has 1 amide bonds. The van der Waals surface area contributed by atoms with Gasteiger partial charge in [0.15, 0.2) is 0 Å². The van der Waals surface area contributed by atoms with Crippen molar-refractivity contribution in [2.45, 2.75) is 26.2 Å². The molecule has 2 aromatic rings. The summed E-state index contributed by atoms with van der Waals surface area (Å²) in [6.45, 7) is 6.33. The van der Waals surface area contributed by atoms with Gasteiger partial charge in [-0.15, -0.1) is 0 Å². The fourth-order valence-corrected chi connectivity index (χ4v) is 2.96. The van der Waals surface area contributed by atoms with E-state index in [0.717, 1.165) is 36.9 Å². The van der Waals surface area contributed by atoms with E-state index in [4.69, 9.17) is 9.15 Å². The van der Waals surface area contributed by atoms with Crippen LogP contribution < -0.4 is 5.32 Å². The summed E-state index contributed by atoms with van der Waals surface area (Å²) in [6.07, 6.45) is 2.57. The predicted octanol–water partition coefficient (Wildman–Crippen LogP) is 2.37. The largest absolute Gasteiger partial charge is 0.466 e. The van der Waals surface area contributed by atoms with Crippen molar-refractivity contribution in [3.8, 4) is 0 Å². The lowest BCUT2D eigenvalue weighted by Gasteiger charge is -2.17. The van der Waals surface area contributed by atoms with E-state index in [9.17, 15) is 4.79 Å². The molecule has 0 aliphatic carbocycles. The number of furan rings is 1. The second-order valence-electron chi connectivity index (χ2n) is 6.37. The van der Waals surface area contributed by atoms with Crippen LogP contribution in [-0.4, -0.2) is 54.1 Å². The van der Waals surface area contributed by atoms with Crippen LogP contribution in [0.25, 0.3) is 0 Å². The van der Waals surface area contributed by atoms with Gasteiger partial charge in [-0.25, -0.2) is 9.97 Å². The molecule has 134 valence electrons. The minimum Gasteiger partial charge on any atom is -0.466 e. The Hall–Kier alpha value is -2.41. The summed E-state index contributed by atoms with van der Waals surface area (Å²) in [7, 11) is 1.78. The second kappa shape index (κ2) is 7.65. The number of carbonyl (C=O) groups is 1. The normalized spacial score (nSPS) is 16.8. The van der Waals surface area contributed by atoms with Crippen LogP contribution in [0.3, 0.4) is 0 Å². The van der Waals surface area contributed by atoms with Crippen LogP contribution in [0.15, 0.2) is 22.9 Å². The van der Waals surface area contributed by atoms with E-state index < -0.39 is 0 Å². The summed E-state index contributed by atoms with van der Waals surface area (Å²) < 4.78 is 10.8. The van der Waals surface area contributed by atoms with Crippen molar-refractivity contribution in [2.75, 3.05) is 38.7 Å². The lowest BCUT2D eigenvalue weighted by atomic mass is 10.1. The Balaban J connectivity index is 1.53. The highest BCUT2D eigenvalue weighted by atomic mass is 16.5. The highest BCUT2D eigenvalue weighted by molar-refractivity contribution is 5.95. The smallest absolute Gasteiger partial charge is 0.257 e. The molecule has 2 aromatic heterocycles. The molecule has 1 fully saturated rings. The van der Waals surface area contributed by atoms with Gasteiger partial charge in [0, 0.05) is 38.7 Å². The van der Waals surface area contributed by atoms with Crippen molar-refractivity contribution < 1.29 is 13.9 Å². The average molecular weight is 344 g/mol. The molecule has 0 radical (unpaired) electrons. The van der Waals surface area contributed by atoms with E-state index in [1.165, 1.54) is 0 Å². The number of aryl methyl sites for hydroxylation is 2. The van der Waals surface area contributed by atoms with Gasteiger partial charge >= 0.3 is 0 Å². The monoisotopic (exact) mass is 344 g/mol. The number of nitrogens with zero attached hydrogens (tertiary/aromatic N) is 3. The molecule has 7 nitrogen and oxygen atoms in total. The molecule has 3 rings (SSSR count). The number of carbonyl (C=O) groups excluding carboxylic acids is 1. The predicted molar refractivity (Wildman–Crippen MR) is 93.8 cm³/mol. The minimum atomic E-state index is -0.0392. The van der Waals surface area contributed by atoms with Crippen molar-refractivity contribution in [3.05, 3.63) is 41.2 Å². The summed E-state index contributed by atoms with van der Waals surface area (Å²) in [4.78, 5) is 22.7. The molecule has 0 aromatic carbocycles. The maximum Gasteiger partial charge on any atom is 0.257 e. The van der Waals surface area contributed by atoms with E-state index in [2.05, 4.69) is 15.3 Å². The molecule has 3 heterocycles. The number of rotatable bonds is 6. The van der Waals surface area contributed by atoms with E-state index in [0.29, 0.717) is 30.3 Å². The highest BCUT2D eigenvalue weighted by Gasteiger charge is 2.20. The first-order valence-electron chi connectivity index (χ1n) is 8.50.